The van der Waals surface area contributed by atoms with Gasteiger partial charge in [0.25, 0.3) is 0 Å². The summed E-state index contributed by atoms with van der Waals surface area (Å²) in [6.07, 6.45) is 0.493. The highest BCUT2D eigenvalue weighted by atomic mass is 35.5. The fraction of sp³-hybridized carbons (Fsp3) is 0.824. The van der Waals surface area contributed by atoms with E-state index >= 15 is 0 Å². The Balaban J connectivity index is 1.72. The molecule has 27 heavy (non-hydrogen) atoms. The average Bonchev–Trinajstić information content (AvgIpc) is 3.09. The highest BCUT2D eigenvalue weighted by molar-refractivity contribution is 7.99. The number of alkyl halides is 1. The zero-order chi connectivity index (χ0) is 19.7. The van der Waals surface area contributed by atoms with Crippen LogP contribution in [0.1, 0.15) is 6.92 Å². The summed E-state index contributed by atoms with van der Waals surface area (Å²) in [6, 6.07) is -1.29. The number of halogens is 1. The molecule has 3 aliphatic heterocycles. The second kappa shape index (κ2) is 8.96. The van der Waals surface area contributed by atoms with E-state index in [2.05, 4.69) is 10.6 Å². The summed E-state index contributed by atoms with van der Waals surface area (Å²) >= 11 is 7.50. The first-order chi connectivity index (χ1) is 12.8. The Morgan fingerprint density at radius 2 is 2.07 bits per heavy atom. The molecule has 3 aliphatic rings. The summed E-state index contributed by atoms with van der Waals surface area (Å²) in [6.45, 7) is 2.78. The molecule has 154 valence electrons. The number of hydrogen-bond donors (Lipinski definition) is 5. The third-order valence-electron chi connectivity index (χ3n) is 5.37. The van der Waals surface area contributed by atoms with E-state index in [9.17, 15) is 20.1 Å². The molecule has 5 N–H and O–H groups in total. The van der Waals surface area contributed by atoms with E-state index in [1.54, 1.807) is 13.2 Å². The van der Waals surface area contributed by atoms with Crippen LogP contribution in [0.3, 0.4) is 0 Å². The van der Waals surface area contributed by atoms with Crippen LogP contribution in [0.25, 0.3) is 0 Å². The highest BCUT2D eigenvalue weighted by Gasteiger charge is 2.49. The van der Waals surface area contributed by atoms with Gasteiger partial charge >= 0.3 is 0 Å². The molecule has 0 aliphatic carbocycles. The number of rotatable bonds is 5. The molecule has 2 fully saturated rings. The molecule has 10 atom stereocenters. The summed E-state index contributed by atoms with van der Waals surface area (Å²) < 4.78 is 11.5. The smallest absolute Gasteiger partial charge is 0.240 e. The predicted molar refractivity (Wildman–Crippen MR) is 102 cm³/mol. The van der Waals surface area contributed by atoms with Gasteiger partial charge in [0.2, 0.25) is 5.91 Å². The average molecular weight is 423 g/mol. The lowest BCUT2D eigenvalue weighted by atomic mass is 9.92. The van der Waals surface area contributed by atoms with Crippen molar-refractivity contribution in [3.8, 4) is 0 Å². The van der Waals surface area contributed by atoms with Crippen molar-refractivity contribution in [2.75, 3.05) is 19.4 Å². The molecular weight excluding hydrogens is 396 g/mol. The van der Waals surface area contributed by atoms with Gasteiger partial charge in [-0.05, 0) is 13.2 Å². The fourth-order valence-corrected chi connectivity index (χ4v) is 4.74. The molecule has 1 amide bonds. The normalized spacial score (nSPS) is 43.8. The fourth-order valence-electron chi connectivity index (χ4n) is 3.86. The van der Waals surface area contributed by atoms with Gasteiger partial charge in [-0.1, -0.05) is 12.2 Å². The SMILES string of the molecule is CSC1O[C@H]([C@H](NC(=O)[C@H]2NC[C@@H]3C=CCO[C@@H]23)[C@H](C)Cl)C(O)[C@@H](O)[C@H]1O. The van der Waals surface area contributed by atoms with Crippen LogP contribution in [0.2, 0.25) is 0 Å². The number of aliphatic hydroxyl groups excluding tert-OH is 3. The van der Waals surface area contributed by atoms with Crippen molar-refractivity contribution in [1.82, 2.24) is 10.6 Å². The molecule has 3 heterocycles. The van der Waals surface area contributed by atoms with Crippen molar-refractivity contribution in [3.63, 3.8) is 0 Å². The van der Waals surface area contributed by atoms with Crippen molar-refractivity contribution in [3.05, 3.63) is 12.2 Å². The minimum Gasteiger partial charge on any atom is -0.388 e. The van der Waals surface area contributed by atoms with E-state index in [1.165, 1.54) is 11.8 Å². The first-order valence-electron chi connectivity index (χ1n) is 9.03. The molecule has 0 aromatic carbocycles. The lowest BCUT2D eigenvalue weighted by Gasteiger charge is -2.44. The number of aliphatic hydroxyl groups is 3. The van der Waals surface area contributed by atoms with Gasteiger partial charge in [0.05, 0.1) is 24.1 Å². The molecule has 0 spiro atoms. The maximum Gasteiger partial charge on any atom is 0.240 e. The Bertz CT molecular complexity index is 566. The topological polar surface area (TPSA) is 120 Å². The van der Waals surface area contributed by atoms with Gasteiger partial charge in [-0.25, -0.2) is 0 Å². The Morgan fingerprint density at radius 3 is 2.74 bits per heavy atom. The minimum atomic E-state index is -1.39. The van der Waals surface area contributed by atoms with Crippen molar-refractivity contribution in [2.45, 2.75) is 60.3 Å². The van der Waals surface area contributed by atoms with Crippen LogP contribution in [-0.2, 0) is 14.3 Å². The highest BCUT2D eigenvalue weighted by Crippen LogP contribution is 2.30. The summed E-state index contributed by atoms with van der Waals surface area (Å²) in [5, 5.41) is 36.0. The van der Waals surface area contributed by atoms with Gasteiger partial charge in [0, 0.05) is 12.5 Å². The number of thioether (sulfide) groups is 1. The zero-order valence-electron chi connectivity index (χ0n) is 15.2. The van der Waals surface area contributed by atoms with Crippen LogP contribution >= 0.6 is 23.4 Å². The Kier molecular flexibility index (Phi) is 7.07. The van der Waals surface area contributed by atoms with Crippen molar-refractivity contribution < 1.29 is 29.6 Å². The van der Waals surface area contributed by atoms with E-state index in [0.717, 1.165) is 0 Å². The molecule has 8 nitrogen and oxygen atoms in total. The first-order valence-corrected chi connectivity index (χ1v) is 10.8. The summed E-state index contributed by atoms with van der Waals surface area (Å²) in [7, 11) is 0. The molecule has 3 rings (SSSR count). The van der Waals surface area contributed by atoms with E-state index < -0.39 is 47.3 Å². The van der Waals surface area contributed by atoms with Crippen LogP contribution in [0, 0.1) is 5.92 Å². The van der Waals surface area contributed by atoms with Gasteiger partial charge in [0.15, 0.2) is 0 Å². The second-order valence-corrected chi connectivity index (χ2v) is 8.79. The van der Waals surface area contributed by atoms with E-state index in [1.807, 2.05) is 12.2 Å². The second-order valence-electron chi connectivity index (χ2n) is 7.16. The number of fused-ring (bicyclic) bond motifs is 1. The van der Waals surface area contributed by atoms with Crippen LogP contribution in [0.4, 0.5) is 0 Å². The lowest BCUT2D eigenvalue weighted by Crippen LogP contribution is -2.65. The van der Waals surface area contributed by atoms with Crippen LogP contribution in [0.15, 0.2) is 12.2 Å². The molecule has 2 unspecified atom stereocenters. The van der Waals surface area contributed by atoms with Crippen LogP contribution < -0.4 is 10.6 Å². The predicted octanol–water partition coefficient (Wildman–Crippen LogP) is -1.19. The van der Waals surface area contributed by atoms with Crippen molar-refractivity contribution in [2.24, 2.45) is 5.92 Å². The first kappa shape index (κ1) is 21.3. The van der Waals surface area contributed by atoms with Crippen molar-refractivity contribution >= 4 is 29.3 Å². The monoisotopic (exact) mass is 422 g/mol. The molecule has 0 radical (unpaired) electrons. The number of hydrogen-bond acceptors (Lipinski definition) is 8. The number of ether oxygens (including phenoxy) is 2. The van der Waals surface area contributed by atoms with Crippen molar-refractivity contribution in [1.29, 1.82) is 0 Å². The van der Waals surface area contributed by atoms with E-state index in [0.29, 0.717) is 13.2 Å². The zero-order valence-corrected chi connectivity index (χ0v) is 16.8. The summed E-state index contributed by atoms with van der Waals surface area (Å²) in [5.74, 6) is -0.164. The third-order valence-corrected chi connectivity index (χ3v) is 6.50. The Hall–Kier alpha value is -0.390. The maximum absolute atomic E-state index is 12.9. The lowest BCUT2D eigenvalue weighted by molar-refractivity contribution is -0.205. The number of nitrogens with one attached hydrogen (secondary N) is 2. The van der Waals surface area contributed by atoms with Gasteiger partial charge in [-0.3, -0.25) is 4.79 Å². The molecule has 0 bridgehead atoms. The van der Waals surface area contributed by atoms with Gasteiger partial charge in [0.1, 0.15) is 35.9 Å². The standard InChI is InChI=1S/C17H27ClN2O6S/c1-7(18)9(15-12(22)11(21)13(23)17(26-15)27-2)20-16(24)10-14-8(6-19-10)4-3-5-25-14/h3-4,7-15,17,19,21-23H,5-6H2,1-2H3,(H,20,24)/t7-,8-,9+,10-,11+,12?,13+,14+,15+,17?/m0/s1. The Labute approximate surface area is 167 Å². The molecule has 10 heteroatoms. The number of carbonyl (C=O) groups is 1. The van der Waals surface area contributed by atoms with Gasteiger partial charge < -0.3 is 35.4 Å². The van der Waals surface area contributed by atoms with Crippen LogP contribution in [0.5, 0.6) is 0 Å². The largest absolute Gasteiger partial charge is 0.388 e. The minimum absolute atomic E-state index is 0.135. The van der Waals surface area contributed by atoms with Crippen LogP contribution in [-0.4, -0.2) is 94.1 Å². The number of amides is 1. The number of carbonyl (C=O) groups excluding carboxylic acids is 1. The third kappa shape index (κ3) is 4.30. The summed E-state index contributed by atoms with van der Waals surface area (Å²) in [4.78, 5) is 12.9. The molecule has 0 saturated carbocycles. The molecule has 0 aromatic heterocycles. The van der Waals surface area contributed by atoms with E-state index in [-0.39, 0.29) is 17.9 Å². The molecule has 2 saturated heterocycles. The summed E-state index contributed by atoms with van der Waals surface area (Å²) in [5.41, 5.74) is -0.732. The van der Waals surface area contributed by atoms with Gasteiger partial charge in [-0.15, -0.1) is 23.4 Å². The quantitative estimate of drug-likeness (QED) is 0.277. The molecular formula is C17H27ClN2O6S. The van der Waals surface area contributed by atoms with E-state index in [4.69, 9.17) is 21.1 Å². The maximum atomic E-state index is 12.9. The Morgan fingerprint density at radius 1 is 1.33 bits per heavy atom. The van der Waals surface area contributed by atoms with Gasteiger partial charge in [-0.2, -0.15) is 0 Å². The molecule has 0 aromatic rings.